The van der Waals surface area contributed by atoms with Gasteiger partial charge in [-0.1, -0.05) is 20.8 Å². The molecule has 94 valence electrons. The topological polar surface area (TPSA) is 15.3 Å². The third-order valence-electron chi connectivity index (χ3n) is 4.54. The number of hydrogen-bond donors (Lipinski definition) is 1. The summed E-state index contributed by atoms with van der Waals surface area (Å²) < 4.78 is 0. The Labute approximate surface area is 101 Å². The normalized spacial score (nSPS) is 37.1. The average molecular weight is 224 g/mol. The molecule has 2 nitrogen and oxygen atoms in total. The van der Waals surface area contributed by atoms with E-state index in [1.54, 1.807) is 0 Å². The van der Waals surface area contributed by atoms with Crippen LogP contribution in [0.25, 0.3) is 0 Å². The van der Waals surface area contributed by atoms with Crippen LogP contribution in [0, 0.1) is 17.3 Å². The van der Waals surface area contributed by atoms with Gasteiger partial charge in [-0.25, -0.2) is 0 Å². The summed E-state index contributed by atoms with van der Waals surface area (Å²) >= 11 is 0. The van der Waals surface area contributed by atoms with Crippen molar-refractivity contribution in [2.24, 2.45) is 17.3 Å². The Balaban J connectivity index is 1.81. The standard InChI is InChI=1S/C14H28N2/c1-12(2)13-5-8-16(9-13)11-14(3)6-4-7-15-10-14/h12-13,15H,4-11H2,1-3H3. The first-order valence-corrected chi connectivity index (χ1v) is 7.02. The Morgan fingerprint density at radius 2 is 2.25 bits per heavy atom. The molecule has 2 aliphatic heterocycles. The Morgan fingerprint density at radius 3 is 2.81 bits per heavy atom. The van der Waals surface area contributed by atoms with E-state index in [0.29, 0.717) is 5.41 Å². The Kier molecular flexibility index (Phi) is 3.91. The van der Waals surface area contributed by atoms with Crippen molar-refractivity contribution in [3.8, 4) is 0 Å². The number of nitrogens with zero attached hydrogens (tertiary/aromatic N) is 1. The van der Waals surface area contributed by atoms with Crippen LogP contribution in [-0.2, 0) is 0 Å². The molecule has 0 aromatic heterocycles. The van der Waals surface area contributed by atoms with E-state index in [-0.39, 0.29) is 0 Å². The van der Waals surface area contributed by atoms with E-state index in [1.807, 2.05) is 0 Å². The second-order valence-electron chi connectivity index (χ2n) is 6.62. The number of likely N-dealkylation sites (tertiary alicyclic amines) is 1. The molecule has 2 rings (SSSR count). The first-order chi connectivity index (χ1) is 7.59. The smallest absolute Gasteiger partial charge is 0.00476 e. The van der Waals surface area contributed by atoms with Crippen LogP contribution >= 0.6 is 0 Å². The van der Waals surface area contributed by atoms with Crippen molar-refractivity contribution < 1.29 is 0 Å². The zero-order valence-corrected chi connectivity index (χ0v) is 11.3. The molecule has 2 fully saturated rings. The third kappa shape index (κ3) is 2.98. The molecule has 2 unspecified atom stereocenters. The first-order valence-electron chi connectivity index (χ1n) is 7.02. The van der Waals surface area contributed by atoms with E-state index in [4.69, 9.17) is 0 Å². The zero-order valence-electron chi connectivity index (χ0n) is 11.3. The van der Waals surface area contributed by atoms with Crippen LogP contribution in [0.4, 0.5) is 0 Å². The van der Waals surface area contributed by atoms with E-state index in [9.17, 15) is 0 Å². The number of nitrogens with one attached hydrogen (secondary N) is 1. The predicted octanol–water partition coefficient (Wildman–Crippen LogP) is 2.35. The minimum absolute atomic E-state index is 0.532. The molecule has 0 saturated carbocycles. The molecule has 0 spiro atoms. The fraction of sp³-hybridized carbons (Fsp3) is 1.00. The summed E-state index contributed by atoms with van der Waals surface area (Å²) in [6.07, 6.45) is 4.18. The summed E-state index contributed by atoms with van der Waals surface area (Å²) in [6, 6.07) is 0. The van der Waals surface area contributed by atoms with Gasteiger partial charge in [0, 0.05) is 19.6 Å². The summed E-state index contributed by atoms with van der Waals surface area (Å²) in [5.74, 6) is 1.81. The Morgan fingerprint density at radius 1 is 1.44 bits per heavy atom. The number of rotatable bonds is 3. The highest BCUT2D eigenvalue weighted by atomic mass is 15.2. The molecule has 1 N–H and O–H groups in total. The minimum Gasteiger partial charge on any atom is -0.316 e. The van der Waals surface area contributed by atoms with Crippen molar-refractivity contribution >= 4 is 0 Å². The van der Waals surface area contributed by atoms with Gasteiger partial charge >= 0.3 is 0 Å². The highest BCUT2D eigenvalue weighted by molar-refractivity contribution is 4.87. The highest BCUT2D eigenvalue weighted by Crippen LogP contribution is 2.30. The number of hydrogen-bond acceptors (Lipinski definition) is 2. The van der Waals surface area contributed by atoms with Gasteiger partial charge in [-0.2, -0.15) is 0 Å². The first kappa shape index (κ1) is 12.4. The SMILES string of the molecule is CC(C)C1CCN(CC2(C)CCCNC2)C1. The molecular formula is C14H28N2. The third-order valence-corrected chi connectivity index (χ3v) is 4.54. The molecule has 2 saturated heterocycles. The molecule has 0 aliphatic carbocycles. The zero-order chi connectivity index (χ0) is 11.6. The molecule has 2 atom stereocenters. The molecular weight excluding hydrogens is 196 g/mol. The van der Waals surface area contributed by atoms with Gasteiger partial charge < -0.3 is 10.2 Å². The van der Waals surface area contributed by atoms with Crippen LogP contribution in [0.3, 0.4) is 0 Å². The quantitative estimate of drug-likeness (QED) is 0.791. The van der Waals surface area contributed by atoms with Crippen LogP contribution in [-0.4, -0.2) is 37.6 Å². The van der Waals surface area contributed by atoms with Crippen molar-refractivity contribution in [2.45, 2.75) is 40.0 Å². The van der Waals surface area contributed by atoms with E-state index < -0.39 is 0 Å². The largest absolute Gasteiger partial charge is 0.316 e. The molecule has 2 aliphatic rings. The van der Waals surface area contributed by atoms with Crippen molar-refractivity contribution in [1.29, 1.82) is 0 Å². The second-order valence-corrected chi connectivity index (χ2v) is 6.62. The van der Waals surface area contributed by atoms with Gasteiger partial charge in [0.15, 0.2) is 0 Å². The molecule has 0 bridgehead atoms. The van der Waals surface area contributed by atoms with Crippen LogP contribution in [0.2, 0.25) is 0 Å². The van der Waals surface area contributed by atoms with Gasteiger partial charge in [-0.05, 0) is 49.6 Å². The van der Waals surface area contributed by atoms with Gasteiger partial charge in [-0.15, -0.1) is 0 Å². The fourth-order valence-corrected chi connectivity index (χ4v) is 3.34. The van der Waals surface area contributed by atoms with Gasteiger partial charge in [0.1, 0.15) is 0 Å². The van der Waals surface area contributed by atoms with Crippen molar-refractivity contribution in [3.05, 3.63) is 0 Å². The molecule has 0 aromatic rings. The summed E-state index contributed by atoms with van der Waals surface area (Å²) in [5.41, 5.74) is 0.532. The van der Waals surface area contributed by atoms with Crippen molar-refractivity contribution in [3.63, 3.8) is 0 Å². The van der Waals surface area contributed by atoms with E-state index in [0.717, 1.165) is 11.8 Å². The molecule has 2 heteroatoms. The summed E-state index contributed by atoms with van der Waals surface area (Å²) in [7, 11) is 0. The summed E-state index contributed by atoms with van der Waals surface area (Å²) in [5, 5.41) is 3.56. The molecule has 16 heavy (non-hydrogen) atoms. The van der Waals surface area contributed by atoms with Crippen LogP contribution in [0.1, 0.15) is 40.0 Å². The second kappa shape index (κ2) is 5.05. The molecule has 0 aromatic carbocycles. The van der Waals surface area contributed by atoms with E-state index in [2.05, 4.69) is 31.0 Å². The Hall–Kier alpha value is -0.0800. The van der Waals surface area contributed by atoms with Crippen LogP contribution < -0.4 is 5.32 Å². The molecule has 0 amide bonds. The van der Waals surface area contributed by atoms with Crippen LogP contribution in [0.15, 0.2) is 0 Å². The lowest BCUT2D eigenvalue weighted by Gasteiger charge is -2.37. The maximum Gasteiger partial charge on any atom is 0.00476 e. The fourth-order valence-electron chi connectivity index (χ4n) is 3.34. The van der Waals surface area contributed by atoms with Gasteiger partial charge in [0.05, 0.1) is 0 Å². The minimum atomic E-state index is 0.532. The van der Waals surface area contributed by atoms with Crippen LogP contribution in [0.5, 0.6) is 0 Å². The van der Waals surface area contributed by atoms with Gasteiger partial charge in [-0.3, -0.25) is 0 Å². The average Bonchev–Trinajstić information content (AvgIpc) is 2.66. The lowest BCUT2D eigenvalue weighted by molar-refractivity contribution is 0.147. The van der Waals surface area contributed by atoms with E-state index in [1.165, 1.54) is 52.0 Å². The molecule has 2 heterocycles. The maximum atomic E-state index is 3.56. The van der Waals surface area contributed by atoms with E-state index >= 15 is 0 Å². The van der Waals surface area contributed by atoms with Gasteiger partial charge in [0.25, 0.3) is 0 Å². The van der Waals surface area contributed by atoms with Crippen molar-refractivity contribution in [2.75, 3.05) is 32.7 Å². The maximum absolute atomic E-state index is 3.56. The number of piperidine rings is 1. The van der Waals surface area contributed by atoms with Crippen molar-refractivity contribution in [1.82, 2.24) is 10.2 Å². The highest BCUT2D eigenvalue weighted by Gasteiger charge is 2.32. The predicted molar refractivity (Wildman–Crippen MR) is 69.6 cm³/mol. The molecule has 0 radical (unpaired) electrons. The Bertz CT molecular complexity index is 219. The lowest BCUT2D eigenvalue weighted by atomic mass is 9.82. The lowest BCUT2D eigenvalue weighted by Crippen LogP contribution is -2.45. The summed E-state index contributed by atoms with van der Waals surface area (Å²) in [6.45, 7) is 13.6. The van der Waals surface area contributed by atoms with Gasteiger partial charge in [0.2, 0.25) is 0 Å². The summed E-state index contributed by atoms with van der Waals surface area (Å²) in [4.78, 5) is 2.71. The monoisotopic (exact) mass is 224 g/mol.